The summed E-state index contributed by atoms with van der Waals surface area (Å²) in [5.74, 6) is 1.61. The van der Waals surface area contributed by atoms with Crippen LogP contribution in [0.25, 0.3) is 10.8 Å². The lowest BCUT2D eigenvalue weighted by molar-refractivity contribution is 0.405. The molecule has 0 aromatic heterocycles. The van der Waals surface area contributed by atoms with E-state index in [0.29, 0.717) is 0 Å². The van der Waals surface area contributed by atoms with Crippen LogP contribution in [0.5, 0.6) is 11.5 Å². The van der Waals surface area contributed by atoms with Gasteiger partial charge in [-0.15, -0.1) is 12.6 Å². The number of hydrogen-bond acceptors (Lipinski definition) is 3. The van der Waals surface area contributed by atoms with E-state index in [2.05, 4.69) is 12.6 Å². The van der Waals surface area contributed by atoms with Crippen molar-refractivity contribution in [2.45, 2.75) is 4.90 Å². The Kier molecular flexibility index (Phi) is 2.73. The van der Waals surface area contributed by atoms with Gasteiger partial charge in [0.15, 0.2) is 0 Å². The molecule has 0 saturated carbocycles. The quantitative estimate of drug-likeness (QED) is 0.784. The van der Waals surface area contributed by atoms with Crippen LogP contribution in [0.2, 0.25) is 0 Å². The average molecular weight is 220 g/mol. The van der Waals surface area contributed by atoms with Crippen LogP contribution in [-0.4, -0.2) is 14.2 Å². The number of hydrogen-bond donors (Lipinski definition) is 1. The minimum atomic E-state index is 0.806. The number of methoxy groups -OCH3 is 2. The molecule has 0 aliphatic carbocycles. The lowest BCUT2D eigenvalue weighted by Crippen LogP contribution is -1.90. The number of fused-ring (bicyclic) bond motifs is 1. The van der Waals surface area contributed by atoms with Crippen LogP contribution in [0, 0.1) is 0 Å². The van der Waals surface area contributed by atoms with Gasteiger partial charge in [0.2, 0.25) is 0 Å². The molecule has 0 fully saturated rings. The van der Waals surface area contributed by atoms with E-state index in [0.717, 1.165) is 27.2 Å². The number of ether oxygens (including phenoxy) is 2. The SMILES string of the molecule is COc1cccc2c(S)ccc(OC)c12. The van der Waals surface area contributed by atoms with E-state index in [9.17, 15) is 0 Å². The fraction of sp³-hybridized carbons (Fsp3) is 0.167. The first-order chi connectivity index (χ1) is 7.27. The van der Waals surface area contributed by atoms with E-state index in [-0.39, 0.29) is 0 Å². The zero-order chi connectivity index (χ0) is 10.8. The normalized spacial score (nSPS) is 10.3. The third-order valence-corrected chi connectivity index (χ3v) is 2.77. The highest BCUT2D eigenvalue weighted by Gasteiger charge is 2.09. The van der Waals surface area contributed by atoms with Crippen LogP contribution < -0.4 is 9.47 Å². The molecular formula is C12H12O2S. The van der Waals surface area contributed by atoms with Gasteiger partial charge in [-0.1, -0.05) is 12.1 Å². The molecule has 0 amide bonds. The predicted molar refractivity (Wildman–Crippen MR) is 64.3 cm³/mol. The van der Waals surface area contributed by atoms with Crippen molar-refractivity contribution in [1.82, 2.24) is 0 Å². The fourth-order valence-electron chi connectivity index (χ4n) is 1.67. The first-order valence-electron chi connectivity index (χ1n) is 4.60. The van der Waals surface area contributed by atoms with Crippen molar-refractivity contribution in [3.05, 3.63) is 30.3 Å². The average Bonchev–Trinajstić information content (AvgIpc) is 2.29. The summed E-state index contributed by atoms with van der Waals surface area (Å²) < 4.78 is 10.6. The van der Waals surface area contributed by atoms with Crippen molar-refractivity contribution < 1.29 is 9.47 Å². The molecular weight excluding hydrogens is 208 g/mol. The van der Waals surface area contributed by atoms with Crippen molar-refractivity contribution in [2.75, 3.05) is 14.2 Å². The first kappa shape index (κ1) is 10.2. The fourth-order valence-corrected chi connectivity index (χ4v) is 1.93. The molecule has 2 aromatic rings. The number of benzene rings is 2. The van der Waals surface area contributed by atoms with Crippen molar-refractivity contribution >= 4 is 23.4 Å². The molecule has 15 heavy (non-hydrogen) atoms. The van der Waals surface area contributed by atoms with Gasteiger partial charge in [-0.05, 0) is 18.2 Å². The monoisotopic (exact) mass is 220 g/mol. The molecule has 0 atom stereocenters. The Hall–Kier alpha value is -1.35. The van der Waals surface area contributed by atoms with Crippen LogP contribution in [0.4, 0.5) is 0 Å². The van der Waals surface area contributed by atoms with Crippen molar-refractivity contribution in [3.63, 3.8) is 0 Å². The molecule has 0 radical (unpaired) electrons. The third-order valence-electron chi connectivity index (χ3n) is 2.38. The highest BCUT2D eigenvalue weighted by Crippen LogP contribution is 2.36. The highest BCUT2D eigenvalue weighted by atomic mass is 32.1. The molecule has 2 nitrogen and oxygen atoms in total. The van der Waals surface area contributed by atoms with Crippen molar-refractivity contribution in [1.29, 1.82) is 0 Å². The third kappa shape index (κ3) is 1.63. The van der Waals surface area contributed by atoms with Gasteiger partial charge in [0.05, 0.1) is 19.6 Å². The summed E-state index contributed by atoms with van der Waals surface area (Å²) in [4.78, 5) is 0.921. The lowest BCUT2D eigenvalue weighted by Gasteiger charge is -2.10. The molecule has 0 bridgehead atoms. The summed E-state index contributed by atoms with van der Waals surface area (Å²) in [5.41, 5.74) is 0. The smallest absolute Gasteiger partial charge is 0.130 e. The second-order valence-corrected chi connectivity index (χ2v) is 3.65. The van der Waals surface area contributed by atoms with Gasteiger partial charge in [-0.3, -0.25) is 0 Å². The van der Waals surface area contributed by atoms with Crippen molar-refractivity contribution in [3.8, 4) is 11.5 Å². The molecule has 2 aromatic carbocycles. The molecule has 0 saturated heterocycles. The van der Waals surface area contributed by atoms with E-state index in [1.54, 1.807) is 14.2 Å². The second kappa shape index (κ2) is 4.03. The van der Waals surface area contributed by atoms with E-state index in [1.165, 1.54) is 0 Å². The molecule has 0 unspecified atom stereocenters. The molecule has 0 aliphatic heterocycles. The van der Waals surface area contributed by atoms with Gasteiger partial charge >= 0.3 is 0 Å². The Morgan fingerprint density at radius 3 is 2.27 bits per heavy atom. The highest BCUT2D eigenvalue weighted by molar-refractivity contribution is 7.80. The molecule has 3 heteroatoms. The molecule has 78 valence electrons. The maximum absolute atomic E-state index is 5.31. The van der Waals surface area contributed by atoms with Crippen LogP contribution in [0.1, 0.15) is 0 Å². The summed E-state index contributed by atoms with van der Waals surface area (Å²) in [6.07, 6.45) is 0. The van der Waals surface area contributed by atoms with Gasteiger partial charge in [-0.2, -0.15) is 0 Å². The second-order valence-electron chi connectivity index (χ2n) is 3.17. The number of rotatable bonds is 2. The van der Waals surface area contributed by atoms with Gasteiger partial charge < -0.3 is 9.47 Å². The Balaban J connectivity index is 2.87. The molecule has 2 rings (SSSR count). The Morgan fingerprint density at radius 2 is 1.60 bits per heavy atom. The first-order valence-corrected chi connectivity index (χ1v) is 5.05. The minimum absolute atomic E-state index is 0.806. The van der Waals surface area contributed by atoms with E-state index in [1.807, 2.05) is 30.3 Å². The lowest BCUT2D eigenvalue weighted by atomic mass is 10.1. The molecule has 0 heterocycles. The molecule has 0 aliphatic rings. The van der Waals surface area contributed by atoms with Gasteiger partial charge in [0, 0.05) is 10.3 Å². The summed E-state index contributed by atoms with van der Waals surface area (Å²) in [6.45, 7) is 0. The van der Waals surface area contributed by atoms with E-state index < -0.39 is 0 Å². The Bertz CT molecular complexity index is 484. The van der Waals surface area contributed by atoms with Crippen molar-refractivity contribution in [2.24, 2.45) is 0 Å². The molecule has 0 spiro atoms. The maximum atomic E-state index is 5.31. The summed E-state index contributed by atoms with van der Waals surface area (Å²) in [7, 11) is 3.30. The molecule has 0 N–H and O–H groups in total. The zero-order valence-corrected chi connectivity index (χ0v) is 9.54. The maximum Gasteiger partial charge on any atom is 0.130 e. The van der Waals surface area contributed by atoms with Crippen LogP contribution in [0.3, 0.4) is 0 Å². The van der Waals surface area contributed by atoms with Gasteiger partial charge in [-0.25, -0.2) is 0 Å². The number of thiol groups is 1. The van der Waals surface area contributed by atoms with Crippen LogP contribution in [-0.2, 0) is 0 Å². The standard InChI is InChI=1S/C12H12O2S/c1-13-9-5-3-4-8-11(15)7-6-10(14-2)12(8)9/h3-7,15H,1-2H3. The predicted octanol–water partition coefficient (Wildman–Crippen LogP) is 3.15. The van der Waals surface area contributed by atoms with E-state index in [4.69, 9.17) is 9.47 Å². The van der Waals surface area contributed by atoms with E-state index >= 15 is 0 Å². The zero-order valence-electron chi connectivity index (χ0n) is 8.65. The Labute approximate surface area is 94.2 Å². The van der Waals surface area contributed by atoms with Crippen LogP contribution in [0.15, 0.2) is 35.2 Å². The van der Waals surface area contributed by atoms with Crippen LogP contribution >= 0.6 is 12.6 Å². The summed E-state index contributed by atoms with van der Waals surface area (Å²) in [5, 5.41) is 2.01. The van der Waals surface area contributed by atoms with Gasteiger partial charge in [0.1, 0.15) is 11.5 Å². The summed E-state index contributed by atoms with van der Waals surface area (Å²) >= 11 is 4.41. The Morgan fingerprint density at radius 1 is 0.933 bits per heavy atom. The van der Waals surface area contributed by atoms with Gasteiger partial charge in [0.25, 0.3) is 0 Å². The largest absolute Gasteiger partial charge is 0.496 e. The topological polar surface area (TPSA) is 18.5 Å². The summed E-state index contributed by atoms with van der Waals surface area (Å²) in [6, 6.07) is 9.68. The minimum Gasteiger partial charge on any atom is -0.496 e.